The van der Waals surface area contributed by atoms with E-state index in [4.69, 9.17) is 0 Å². The molecule has 1 aromatic heterocycles. The first-order chi connectivity index (χ1) is 9.06. The van der Waals surface area contributed by atoms with Gasteiger partial charge in [-0.3, -0.25) is 10.1 Å². The van der Waals surface area contributed by atoms with Crippen LogP contribution in [0.5, 0.6) is 0 Å². The molecule has 1 aromatic carbocycles. The summed E-state index contributed by atoms with van der Waals surface area (Å²) in [7, 11) is 0. The van der Waals surface area contributed by atoms with Crippen molar-refractivity contribution in [2.24, 2.45) is 0 Å². The van der Waals surface area contributed by atoms with E-state index in [1.54, 1.807) is 23.5 Å². The van der Waals surface area contributed by atoms with E-state index in [0.717, 1.165) is 28.4 Å². The third-order valence-corrected chi connectivity index (χ3v) is 3.62. The molecule has 0 atom stereocenters. The lowest BCUT2D eigenvalue weighted by Crippen LogP contribution is -2.06. The molecule has 2 rings (SSSR count). The summed E-state index contributed by atoms with van der Waals surface area (Å²) in [4.78, 5) is 14.7. The predicted octanol–water partition coefficient (Wildman–Crippen LogP) is 3.32. The van der Waals surface area contributed by atoms with Crippen LogP contribution >= 0.6 is 11.3 Å². The lowest BCUT2D eigenvalue weighted by Gasteiger charge is -2.08. The van der Waals surface area contributed by atoms with Gasteiger partial charge in [-0.1, -0.05) is 6.07 Å². The minimum Gasteiger partial charge on any atom is -0.384 e. The highest BCUT2D eigenvalue weighted by atomic mass is 32.1. The number of nitro groups is 1. The highest BCUT2D eigenvalue weighted by Gasteiger charge is 2.08. The van der Waals surface area contributed by atoms with Crippen LogP contribution < -0.4 is 5.32 Å². The summed E-state index contributed by atoms with van der Waals surface area (Å²) >= 11 is 1.63. The smallest absolute Gasteiger partial charge is 0.271 e. The van der Waals surface area contributed by atoms with Crippen LogP contribution in [-0.4, -0.2) is 16.5 Å². The van der Waals surface area contributed by atoms with Gasteiger partial charge >= 0.3 is 0 Å². The largest absolute Gasteiger partial charge is 0.384 e. The zero-order chi connectivity index (χ0) is 13.8. The normalized spacial score (nSPS) is 10.4. The second-order valence-electron chi connectivity index (χ2n) is 4.29. The average molecular weight is 277 g/mol. The van der Waals surface area contributed by atoms with E-state index in [1.807, 2.05) is 19.2 Å². The molecule has 0 radical (unpaired) electrons. The number of aromatic nitrogens is 1. The summed E-state index contributed by atoms with van der Waals surface area (Å²) in [5.74, 6) is 0. The van der Waals surface area contributed by atoms with Crippen LogP contribution in [-0.2, 0) is 6.42 Å². The van der Waals surface area contributed by atoms with Gasteiger partial charge in [0, 0.05) is 36.2 Å². The molecule has 1 N–H and O–H groups in total. The number of benzene rings is 1. The number of hydrogen-bond acceptors (Lipinski definition) is 5. The Morgan fingerprint density at radius 1 is 1.42 bits per heavy atom. The lowest BCUT2D eigenvalue weighted by atomic mass is 10.2. The van der Waals surface area contributed by atoms with Gasteiger partial charge in [-0.15, -0.1) is 11.3 Å². The highest BCUT2D eigenvalue weighted by molar-refractivity contribution is 7.09. The van der Waals surface area contributed by atoms with Crippen molar-refractivity contribution < 1.29 is 4.92 Å². The van der Waals surface area contributed by atoms with E-state index in [1.165, 1.54) is 6.07 Å². The molecule has 0 saturated heterocycles. The molecule has 0 unspecified atom stereocenters. The molecule has 19 heavy (non-hydrogen) atoms. The van der Waals surface area contributed by atoms with Crippen LogP contribution in [0.1, 0.15) is 16.3 Å². The fourth-order valence-electron chi connectivity index (χ4n) is 1.76. The Bertz CT molecular complexity index is 595. The number of anilines is 1. The quantitative estimate of drug-likeness (QED) is 0.672. The van der Waals surface area contributed by atoms with E-state index in [9.17, 15) is 10.1 Å². The Labute approximate surface area is 115 Å². The summed E-state index contributed by atoms with van der Waals surface area (Å²) < 4.78 is 0. The molecule has 0 saturated carbocycles. The summed E-state index contributed by atoms with van der Waals surface area (Å²) in [6.45, 7) is 4.62. The Hall–Kier alpha value is -1.95. The molecule has 0 spiro atoms. The maximum Gasteiger partial charge on any atom is 0.271 e. The van der Waals surface area contributed by atoms with Gasteiger partial charge in [-0.25, -0.2) is 4.98 Å². The predicted molar refractivity (Wildman–Crippen MR) is 76.9 cm³/mol. The molecule has 0 amide bonds. The molecule has 5 nitrogen and oxygen atoms in total. The van der Waals surface area contributed by atoms with Gasteiger partial charge in [0.2, 0.25) is 0 Å². The zero-order valence-electron chi connectivity index (χ0n) is 10.8. The van der Waals surface area contributed by atoms with Crippen LogP contribution in [0.25, 0.3) is 0 Å². The van der Waals surface area contributed by atoms with Crippen molar-refractivity contribution in [3.63, 3.8) is 0 Å². The third-order valence-electron chi connectivity index (χ3n) is 2.80. The molecule has 6 heteroatoms. The van der Waals surface area contributed by atoms with Crippen molar-refractivity contribution in [3.05, 3.63) is 50.0 Å². The minimum atomic E-state index is -0.381. The lowest BCUT2D eigenvalue weighted by molar-refractivity contribution is -0.384. The molecule has 0 aliphatic heterocycles. The van der Waals surface area contributed by atoms with Gasteiger partial charge in [0.25, 0.3) is 5.69 Å². The molecule has 0 fully saturated rings. The van der Waals surface area contributed by atoms with Crippen LogP contribution in [0.2, 0.25) is 0 Å². The SMILES string of the molecule is Cc1nc(CCNc2cc([N+](=O)[O-])ccc2C)cs1. The molecule has 100 valence electrons. The second-order valence-corrected chi connectivity index (χ2v) is 5.35. The van der Waals surface area contributed by atoms with Crippen molar-refractivity contribution in [2.45, 2.75) is 20.3 Å². The average Bonchev–Trinajstić information content (AvgIpc) is 2.77. The molecule has 1 heterocycles. The second kappa shape index (κ2) is 5.79. The topological polar surface area (TPSA) is 68.1 Å². The number of thiazole rings is 1. The Morgan fingerprint density at radius 3 is 2.84 bits per heavy atom. The maximum absolute atomic E-state index is 10.7. The first-order valence-corrected chi connectivity index (χ1v) is 6.84. The maximum atomic E-state index is 10.7. The summed E-state index contributed by atoms with van der Waals surface area (Å²) in [6.07, 6.45) is 0.812. The molecule has 0 bridgehead atoms. The van der Waals surface area contributed by atoms with Crippen LogP contribution in [0.3, 0.4) is 0 Å². The van der Waals surface area contributed by atoms with E-state index < -0.39 is 0 Å². The van der Waals surface area contributed by atoms with Crippen LogP contribution in [0.4, 0.5) is 11.4 Å². The standard InChI is InChI=1S/C13H15N3O2S/c1-9-3-4-12(16(17)18)7-13(9)14-6-5-11-8-19-10(2)15-11/h3-4,7-8,14H,5-6H2,1-2H3. The van der Waals surface area contributed by atoms with Crippen LogP contribution in [0.15, 0.2) is 23.6 Å². The van der Waals surface area contributed by atoms with E-state index in [0.29, 0.717) is 6.54 Å². The Morgan fingerprint density at radius 2 is 2.21 bits per heavy atom. The number of nitrogens with zero attached hydrogens (tertiary/aromatic N) is 2. The third kappa shape index (κ3) is 3.51. The molecule has 0 aliphatic rings. The van der Waals surface area contributed by atoms with Gasteiger partial charge in [0.1, 0.15) is 0 Å². The van der Waals surface area contributed by atoms with Crippen molar-refractivity contribution in [1.82, 2.24) is 4.98 Å². The number of non-ortho nitro benzene ring substituents is 1. The fraction of sp³-hybridized carbons (Fsp3) is 0.308. The Balaban J connectivity index is 1.99. The first-order valence-electron chi connectivity index (χ1n) is 5.96. The number of hydrogen-bond donors (Lipinski definition) is 1. The fourth-order valence-corrected chi connectivity index (χ4v) is 2.41. The first kappa shape index (κ1) is 13.5. The summed E-state index contributed by atoms with van der Waals surface area (Å²) in [6, 6.07) is 4.85. The van der Waals surface area contributed by atoms with Gasteiger partial charge in [0.05, 0.1) is 15.6 Å². The number of rotatable bonds is 5. The molecule has 2 aromatic rings. The molecule has 0 aliphatic carbocycles. The Kier molecular flexibility index (Phi) is 4.11. The van der Waals surface area contributed by atoms with Crippen molar-refractivity contribution in [1.29, 1.82) is 0 Å². The number of aryl methyl sites for hydroxylation is 2. The van der Waals surface area contributed by atoms with Crippen LogP contribution in [0, 0.1) is 24.0 Å². The van der Waals surface area contributed by atoms with E-state index in [2.05, 4.69) is 10.3 Å². The highest BCUT2D eigenvalue weighted by Crippen LogP contribution is 2.21. The molecular formula is C13H15N3O2S. The minimum absolute atomic E-state index is 0.109. The van der Waals surface area contributed by atoms with Gasteiger partial charge in [-0.05, 0) is 19.4 Å². The van der Waals surface area contributed by atoms with E-state index >= 15 is 0 Å². The number of nitrogens with one attached hydrogen (secondary N) is 1. The zero-order valence-corrected chi connectivity index (χ0v) is 11.7. The number of nitro benzene ring substituents is 1. The van der Waals surface area contributed by atoms with Crippen molar-refractivity contribution >= 4 is 22.7 Å². The molecular weight excluding hydrogens is 262 g/mol. The summed E-state index contributed by atoms with van der Waals surface area (Å²) in [5, 5.41) is 17.1. The van der Waals surface area contributed by atoms with Gasteiger partial charge in [-0.2, -0.15) is 0 Å². The van der Waals surface area contributed by atoms with Crippen molar-refractivity contribution in [3.8, 4) is 0 Å². The van der Waals surface area contributed by atoms with Crippen molar-refractivity contribution in [2.75, 3.05) is 11.9 Å². The monoisotopic (exact) mass is 277 g/mol. The summed E-state index contributed by atoms with van der Waals surface area (Å²) in [5.41, 5.74) is 2.97. The van der Waals surface area contributed by atoms with E-state index in [-0.39, 0.29) is 10.6 Å². The van der Waals surface area contributed by atoms with Gasteiger partial charge < -0.3 is 5.32 Å². The van der Waals surface area contributed by atoms with Gasteiger partial charge in [0.15, 0.2) is 0 Å².